The van der Waals surface area contributed by atoms with Crippen LogP contribution in [0.3, 0.4) is 0 Å². The highest BCUT2D eigenvalue weighted by Gasteiger charge is 2.23. The molecule has 2 aromatic heterocycles. The van der Waals surface area contributed by atoms with E-state index in [0.717, 1.165) is 44.3 Å². The Morgan fingerprint density at radius 3 is 1.26 bits per heavy atom. The Labute approximate surface area is 221 Å². The van der Waals surface area contributed by atoms with E-state index in [1.165, 1.54) is 0 Å². The topological polar surface area (TPSA) is 44.0 Å². The number of benzene rings is 4. The number of para-hydroxylation sites is 2. The molecule has 0 spiro atoms. The van der Waals surface area contributed by atoms with E-state index in [2.05, 4.69) is 0 Å². The van der Waals surface area contributed by atoms with Crippen LogP contribution in [0.25, 0.3) is 33.2 Å². The first kappa shape index (κ1) is 23.7. The Hall–Kier alpha value is -4.70. The highest BCUT2D eigenvalue weighted by Crippen LogP contribution is 2.33. The molecule has 4 aromatic carbocycles. The Morgan fingerprint density at radius 1 is 0.474 bits per heavy atom. The summed E-state index contributed by atoms with van der Waals surface area (Å²) in [4.78, 5) is 27.5. The van der Waals surface area contributed by atoms with E-state index in [0.29, 0.717) is 25.7 Å². The monoisotopic (exact) mass is 496 g/mol. The fraction of sp³-hybridized carbons (Fsp3) is 0.118. The maximum absolute atomic E-state index is 13.8. The minimum atomic E-state index is 0.0126. The van der Waals surface area contributed by atoms with E-state index in [1.807, 2.05) is 121 Å². The number of carbonyl (C=O) groups is 2. The van der Waals surface area contributed by atoms with Crippen LogP contribution >= 0.6 is 0 Å². The number of nitrogens with zero attached hydrogens (tertiary/aromatic N) is 2. The first-order chi connectivity index (χ1) is 18.7. The van der Waals surface area contributed by atoms with Gasteiger partial charge in [0.15, 0.2) is 0 Å². The molecule has 0 fully saturated rings. The van der Waals surface area contributed by atoms with E-state index in [-0.39, 0.29) is 11.8 Å². The fourth-order valence-electron chi connectivity index (χ4n) is 5.24. The zero-order valence-corrected chi connectivity index (χ0v) is 21.1. The summed E-state index contributed by atoms with van der Waals surface area (Å²) in [6.07, 6.45) is 2.06. The molecule has 38 heavy (non-hydrogen) atoms. The van der Waals surface area contributed by atoms with Crippen LogP contribution < -0.4 is 0 Å². The van der Waals surface area contributed by atoms with Crippen molar-refractivity contribution in [1.29, 1.82) is 0 Å². The summed E-state index contributed by atoms with van der Waals surface area (Å²) in [5.41, 5.74) is 5.46. The van der Waals surface area contributed by atoms with Crippen molar-refractivity contribution in [1.82, 2.24) is 9.13 Å². The van der Waals surface area contributed by atoms with Crippen molar-refractivity contribution >= 4 is 33.6 Å². The van der Waals surface area contributed by atoms with Crippen molar-refractivity contribution in [2.45, 2.75) is 25.7 Å². The van der Waals surface area contributed by atoms with Gasteiger partial charge in [-0.1, -0.05) is 97.1 Å². The lowest BCUT2D eigenvalue weighted by Gasteiger charge is -2.13. The minimum absolute atomic E-state index is 0.0126. The second-order valence-electron chi connectivity index (χ2n) is 9.61. The smallest absolute Gasteiger partial charge is 0.231 e. The second kappa shape index (κ2) is 10.3. The van der Waals surface area contributed by atoms with Crippen molar-refractivity contribution in [2.24, 2.45) is 0 Å². The normalized spacial score (nSPS) is 11.3. The molecule has 0 saturated heterocycles. The van der Waals surface area contributed by atoms with Crippen molar-refractivity contribution < 1.29 is 9.59 Å². The molecular weight excluding hydrogens is 468 g/mol. The molecule has 4 nitrogen and oxygen atoms in total. The van der Waals surface area contributed by atoms with Crippen LogP contribution in [0.5, 0.6) is 0 Å². The largest absolute Gasteiger partial charge is 0.278 e. The zero-order valence-electron chi connectivity index (χ0n) is 21.1. The van der Waals surface area contributed by atoms with Gasteiger partial charge in [0.1, 0.15) is 0 Å². The molecule has 0 amide bonds. The van der Waals surface area contributed by atoms with E-state index in [9.17, 15) is 9.59 Å². The van der Waals surface area contributed by atoms with Gasteiger partial charge < -0.3 is 0 Å². The first-order valence-corrected chi connectivity index (χ1v) is 13.0. The quantitative estimate of drug-likeness (QED) is 0.226. The summed E-state index contributed by atoms with van der Waals surface area (Å²) in [6, 6.07) is 40.0. The standard InChI is InChI=1S/C34H28N2O2/c37-33(21-19-25-11-3-1-4-12-25)35-29-17-9-7-15-27(29)23-31(35)32-24-28-16-8-10-18-30(28)36(32)34(38)22-20-26-13-5-2-6-14-26/h1-18,23-24H,19-22H2. The highest BCUT2D eigenvalue weighted by molar-refractivity contribution is 6.03. The molecule has 0 aliphatic carbocycles. The van der Waals surface area contributed by atoms with E-state index >= 15 is 0 Å². The minimum Gasteiger partial charge on any atom is -0.278 e. The molecule has 0 aliphatic heterocycles. The third kappa shape index (κ3) is 4.57. The van der Waals surface area contributed by atoms with Crippen LogP contribution in [0, 0.1) is 0 Å². The molecule has 0 bridgehead atoms. The maximum Gasteiger partial charge on any atom is 0.231 e. The van der Waals surface area contributed by atoms with Crippen LogP contribution in [-0.2, 0) is 12.8 Å². The summed E-state index contributed by atoms with van der Waals surface area (Å²) in [5.74, 6) is 0.0252. The number of aryl methyl sites for hydroxylation is 2. The summed E-state index contributed by atoms with van der Waals surface area (Å²) < 4.78 is 3.60. The van der Waals surface area contributed by atoms with Gasteiger partial charge in [-0.15, -0.1) is 0 Å². The average Bonchev–Trinajstić information content (AvgIpc) is 3.55. The molecular formula is C34H28N2O2. The van der Waals surface area contributed by atoms with Gasteiger partial charge in [-0.3, -0.25) is 18.7 Å². The van der Waals surface area contributed by atoms with Crippen molar-refractivity contribution in [2.75, 3.05) is 0 Å². The third-order valence-electron chi connectivity index (χ3n) is 7.12. The Bertz CT molecular complexity index is 1610. The number of fused-ring (bicyclic) bond motifs is 2. The third-order valence-corrected chi connectivity index (χ3v) is 7.12. The summed E-state index contributed by atoms with van der Waals surface area (Å²) in [7, 11) is 0. The van der Waals surface area contributed by atoms with Gasteiger partial charge in [0.05, 0.1) is 22.4 Å². The van der Waals surface area contributed by atoms with Gasteiger partial charge in [0.25, 0.3) is 0 Å². The predicted molar refractivity (Wildman–Crippen MR) is 154 cm³/mol. The molecule has 0 aliphatic rings. The van der Waals surface area contributed by atoms with Gasteiger partial charge in [-0.05, 0) is 48.2 Å². The van der Waals surface area contributed by atoms with Crippen LogP contribution in [0.4, 0.5) is 0 Å². The summed E-state index contributed by atoms with van der Waals surface area (Å²) in [6.45, 7) is 0. The summed E-state index contributed by atoms with van der Waals surface area (Å²) >= 11 is 0. The molecule has 0 N–H and O–H groups in total. The average molecular weight is 497 g/mol. The molecule has 0 unspecified atom stereocenters. The Kier molecular flexibility index (Phi) is 6.45. The molecule has 6 aromatic rings. The van der Waals surface area contributed by atoms with Gasteiger partial charge in [0, 0.05) is 23.6 Å². The van der Waals surface area contributed by atoms with Crippen LogP contribution in [0.2, 0.25) is 0 Å². The number of hydrogen-bond donors (Lipinski definition) is 0. The van der Waals surface area contributed by atoms with Gasteiger partial charge in [-0.25, -0.2) is 0 Å². The molecule has 0 radical (unpaired) electrons. The van der Waals surface area contributed by atoms with E-state index in [4.69, 9.17) is 0 Å². The van der Waals surface area contributed by atoms with Gasteiger partial charge in [-0.2, -0.15) is 0 Å². The van der Waals surface area contributed by atoms with Crippen molar-refractivity contribution in [3.8, 4) is 11.4 Å². The number of carbonyl (C=O) groups excluding carboxylic acids is 2. The molecule has 0 atom stereocenters. The van der Waals surface area contributed by atoms with Crippen LogP contribution in [-0.4, -0.2) is 20.9 Å². The second-order valence-corrected chi connectivity index (χ2v) is 9.61. The number of hydrogen-bond acceptors (Lipinski definition) is 2. The maximum atomic E-state index is 13.8. The molecule has 2 heterocycles. The Balaban J connectivity index is 1.43. The lowest BCUT2D eigenvalue weighted by molar-refractivity contribution is 0.0896. The molecule has 6 rings (SSSR count). The van der Waals surface area contributed by atoms with Crippen molar-refractivity contribution in [3.05, 3.63) is 132 Å². The highest BCUT2D eigenvalue weighted by atomic mass is 16.2. The van der Waals surface area contributed by atoms with Crippen LogP contribution in [0.1, 0.15) is 33.6 Å². The summed E-state index contributed by atoms with van der Waals surface area (Å²) in [5, 5.41) is 1.95. The predicted octanol–water partition coefficient (Wildman–Crippen LogP) is 7.81. The van der Waals surface area contributed by atoms with Gasteiger partial charge >= 0.3 is 0 Å². The van der Waals surface area contributed by atoms with Crippen molar-refractivity contribution in [3.63, 3.8) is 0 Å². The van der Waals surface area contributed by atoms with E-state index < -0.39 is 0 Å². The molecule has 0 saturated carbocycles. The number of rotatable bonds is 7. The zero-order chi connectivity index (χ0) is 25.9. The molecule has 4 heteroatoms. The Morgan fingerprint density at radius 2 is 0.842 bits per heavy atom. The lowest BCUT2D eigenvalue weighted by Crippen LogP contribution is -2.17. The molecule has 186 valence electrons. The SMILES string of the molecule is O=C(CCc1ccccc1)n1c(-c2cc3ccccc3n2C(=O)CCc2ccccc2)cc2ccccc21. The van der Waals surface area contributed by atoms with Gasteiger partial charge in [0.2, 0.25) is 11.8 Å². The first-order valence-electron chi connectivity index (χ1n) is 13.0. The number of aromatic nitrogens is 2. The van der Waals surface area contributed by atoms with Crippen LogP contribution in [0.15, 0.2) is 121 Å². The fourth-order valence-corrected chi connectivity index (χ4v) is 5.24. The van der Waals surface area contributed by atoms with E-state index in [1.54, 1.807) is 9.13 Å². The lowest BCUT2D eigenvalue weighted by atomic mass is 10.1.